The Kier molecular flexibility index (Phi) is 3.38. The smallest absolute Gasteiger partial charge is 0.417 e. The van der Waals surface area contributed by atoms with Gasteiger partial charge in [-0.25, -0.2) is 0 Å². The Morgan fingerprint density at radius 3 is 2.16 bits per heavy atom. The average Bonchev–Trinajstić information content (AvgIpc) is 2.38. The molecule has 2 aromatic rings. The number of methoxy groups -OCH3 is 1. The maximum absolute atomic E-state index is 13.0. The molecule has 0 saturated heterocycles. The van der Waals surface area contributed by atoms with E-state index in [9.17, 15) is 13.2 Å². The van der Waals surface area contributed by atoms with Gasteiger partial charge in [0.1, 0.15) is 5.75 Å². The molecule has 5 heteroatoms. The highest BCUT2D eigenvalue weighted by Gasteiger charge is 2.33. The third kappa shape index (κ3) is 2.81. The maximum atomic E-state index is 13.0. The Balaban J connectivity index is 2.54. The third-order valence-corrected chi connectivity index (χ3v) is 2.75. The molecule has 0 aliphatic heterocycles. The summed E-state index contributed by atoms with van der Waals surface area (Å²) in [4.78, 5) is 0. The number of ether oxygens (including phenoxy) is 1. The summed E-state index contributed by atoms with van der Waals surface area (Å²) >= 11 is 0. The minimum absolute atomic E-state index is 0.0876. The monoisotopic (exact) mass is 267 g/mol. The molecule has 2 nitrogen and oxygen atoms in total. The lowest BCUT2D eigenvalue weighted by atomic mass is 9.98. The summed E-state index contributed by atoms with van der Waals surface area (Å²) < 4.78 is 43.9. The number of hydrogen-bond acceptors (Lipinski definition) is 2. The fraction of sp³-hybridized carbons (Fsp3) is 0.143. The summed E-state index contributed by atoms with van der Waals surface area (Å²) in [6, 6.07) is 10.2. The summed E-state index contributed by atoms with van der Waals surface area (Å²) in [7, 11) is 1.50. The SMILES string of the molecule is COc1ccc(-c2ccc(N)cc2C(F)(F)F)cc1. The zero-order valence-electron chi connectivity index (χ0n) is 10.2. The first kappa shape index (κ1) is 13.3. The molecular weight excluding hydrogens is 255 g/mol. The molecule has 0 radical (unpaired) electrons. The number of halogens is 3. The molecule has 0 unspecified atom stereocenters. The molecule has 0 aliphatic carbocycles. The van der Waals surface area contributed by atoms with E-state index in [1.807, 2.05) is 0 Å². The third-order valence-electron chi connectivity index (χ3n) is 2.75. The van der Waals surface area contributed by atoms with Gasteiger partial charge in [0.2, 0.25) is 0 Å². The molecule has 0 bridgehead atoms. The predicted octanol–water partition coefficient (Wildman–Crippen LogP) is 3.96. The van der Waals surface area contributed by atoms with Crippen molar-refractivity contribution < 1.29 is 17.9 Å². The van der Waals surface area contributed by atoms with E-state index in [4.69, 9.17) is 10.5 Å². The van der Waals surface area contributed by atoms with E-state index in [1.165, 1.54) is 19.2 Å². The van der Waals surface area contributed by atoms with Crippen LogP contribution in [-0.2, 0) is 6.18 Å². The number of nitrogen functional groups attached to an aromatic ring is 1. The minimum atomic E-state index is -4.44. The van der Waals surface area contributed by atoms with Crippen molar-refractivity contribution in [3.05, 3.63) is 48.0 Å². The first-order chi connectivity index (χ1) is 8.91. The van der Waals surface area contributed by atoms with E-state index < -0.39 is 11.7 Å². The van der Waals surface area contributed by atoms with Crippen molar-refractivity contribution >= 4 is 5.69 Å². The van der Waals surface area contributed by atoms with E-state index >= 15 is 0 Å². The van der Waals surface area contributed by atoms with Crippen LogP contribution in [0.15, 0.2) is 42.5 Å². The summed E-state index contributed by atoms with van der Waals surface area (Å²) in [5.74, 6) is 0.591. The van der Waals surface area contributed by atoms with Crippen LogP contribution >= 0.6 is 0 Å². The van der Waals surface area contributed by atoms with Crippen LogP contribution in [0, 0.1) is 0 Å². The van der Waals surface area contributed by atoms with Gasteiger partial charge in [-0.2, -0.15) is 13.2 Å². The van der Waals surface area contributed by atoms with E-state index in [-0.39, 0.29) is 11.3 Å². The van der Waals surface area contributed by atoms with Crippen LogP contribution in [0.2, 0.25) is 0 Å². The van der Waals surface area contributed by atoms with Crippen molar-refractivity contribution in [3.63, 3.8) is 0 Å². The molecule has 0 atom stereocenters. The Labute approximate surface area is 108 Å². The molecule has 19 heavy (non-hydrogen) atoms. The number of benzene rings is 2. The van der Waals surface area contributed by atoms with E-state index in [1.54, 1.807) is 24.3 Å². The number of hydrogen-bond donors (Lipinski definition) is 1. The number of nitrogens with two attached hydrogens (primary N) is 1. The van der Waals surface area contributed by atoms with Gasteiger partial charge in [-0.05, 0) is 35.4 Å². The lowest BCUT2D eigenvalue weighted by Gasteiger charge is -2.14. The van der Waals surface area contributed by atoms with E-state index in [2.05, 4.69) is 0 Å². The number of anilines is 1. The van der Waals surface area contributed by atoms with Crippen molar-refractivity contribution in [2.45, 2.75) is 6.18 Å². The summed E-state index contributed by atoms with van der Waals surface area (Å²) in [6.45, 7) is 0. The van der Waals surface area contributed by atoms with Crippen molar-refractivity contribution in [1.82, 2.24) is 0 Å². The molecule has 0 fully saturated rings. The summed E-state index contributed by atoms with van der Waals surface area (Å²) in [5.41, 5.74) is 5.34. The predicted molar refractivity (Wildman–Crippen MR) is 67.8 cm³/mol. The Morgan fingerprint density at radius 2 is 1.63 bits per heavy atom. The molecule has 0 aliphatic rings. The van der Waals surface area contributed by atoms with Gasteiger partial charge in [0.05, 0.1) is 12.7 Å². The lowest BCUT2D eigenvalue weighted by Crippen LogP contribution is -2.08. The van der Waals surface area contributed by atoms with Gasteiger partial charge in [0.25, 0.3) is 0 Å². The van der Waals surface area contributed by atoms with Gasteiger partial charge in [-0.1, -0.05) is 18.2 Å². The van der Waals surface area contributed by atoms with Gasteiger partial charge in [-0.15, -0.1) is 0 Å². The highest BCUT2D eigenvalue weighted by molar-refractivity contribution is 5.71. The summed E-state index contributed by atoms with van der Waals surface area (Å²) in [6.07, 6.45) is -4.44. The van der Waals surface area contributed by atoms with Crippen molar-refractivity contribution in [2.24, 2.45) is 0 Å². The van der Waals surface area contributed by atoms with Crippen LogP contribution in [-0.4, -0.2) is 7.11 Å². The van der Waals surface area contributed by atoms with Crippen molar-refractivity contribution in [1.29, 1.82) is 0 Å². The second-order valence-electron chi connectivity index (χ2n) is 4.03. The van der Waals surface area contributed by atoms with Crippen LogP contribution in [0.5, 0.6) is 5.75 Å². The van der Waals surface area contributed by atoms with Crippen LogP contribution in [0.4, 0.5) is 18.9 Å². The molecule has 0 heterocycles. The zero-order chi connectivity index (χ0) is 14.0. The first-order valence-corrected chi connectivity index (χ1v) is 5.53. The second-order valence-corrected chi connectivity index (χ2v) is 4.03. The van der Waals surface area contributed by atoms with Gasteiger partial charge in [-0.3, -0.25) is 0 Å². The van der Waals surface area contributed by atoms with Crippen LogP contribution in [0.3, 0.4) is 0 Å². The molecule has 0 spiro atoms. The summed E-state index contributed by atoms with van der Waals surface area (Å²) in [5, 5.41) is 0. The van der Waals surface area contributed by atoms with Gasteiger partial charge >= 0.3 is 6.18 Å². The molecule has 0 saturated carbocycles. The standard InChI is InChI=1S/C14H12F3NO/c1-19-11-5-2-9(3-6-11)12-7-4-10(18)8-13(12)14(15,16)17/h2-8H,18H2,1H3. The molecule has 100 valence electrons. The fourth-order valence-electron chi connectivity index (χ4n) is 1.82. The van der Waals surface area contributed by atoms with Crippen LogP contribution in [0.25, 0.3) is 11.1 Å². The van der Waals surface area contributed by atoms with Gasteiger partial charge in [0, 0.05) is 5.69 Å². The van der Waals surface area contributed by atoms with E-state index in [0.717, 1.165) is 6.07 Å². The van der Waals surface area contributed by atoms with Crippen molar-refractivity contribution in [2.75, 3.05) is 12.8 Å². The quantitative estimate of drug-likeness (QED) is 0.836. The molecule has 2 N–H and O–H groups in total. The van der Waals surface area contributed by atoms with E-state index in [0.29, 0.717) is 11.3 Å². The lowest BCUT2D eigenvalue weighted by molar-refractivity contribution is -0.137. The first-order valence-electron chi connectivity index (χ1n) is 5.53. The Hall–Kier alpha value is -2.17. The molecular formula is C14H12F3NO. The second kappa shape index (κ2) is 4.84. The molecule has 0 aromatic heterocycles. The maximum Gasteiger partial charge on any atom is 0.417 e. The highest BCUT2D eigenvalue weighted by Crippen LogP contribution is 2.38. The topological polar surface area (TPSA) is 35.2 Å². The Bertz CT molecular complexity index is 576. The molecule has 0 amide bonds. The van der Waals surface area contributed by atoms with Gasteiger partial charge in [0.15, 0.2) is 0 Å². The average molecular weight is 267 g/mol. The zero-order valence-corrected chi connectivity index (χ0v) is 10.2. The minimum Gasteiger partial charge on any atom is -0.497 e. The number of alkyl halides is 3. The van der Waals surface area contributed by atoms with Crippen LogP contribution < -0.4 is 10.5 Å². The highest BCUT2D eigenvalue weighted by atomic mass is 19.4. The normalized spacial score (nSPS) is 11.4. The van der Waals surface area contributed by atoms with Gasteiger partial charge < -0.3 is 10.5 Å². The number of rotatable bonds is 2. The molecule has 2 rings (SSSR count). The Morgan fingerprint density at radius 1 is 1.00 bits per heavy atom. The fourth-order valence-corrected chi connectivity index (χ4v) is 1.82. The van der Waals surface area contributed by atoms with Crippen molar-refractivity contribution in [3.8, 4) is 16.9 Å². The molecule has 2 aromatic carbocycles. The largest absolute Gasteiger partial charge is 0.497 e. The van der Waals surface area contributed by atoms with Crippen LogP contribution in [0.1, 0.15) is 5.56 Å².